The Bertz CT molecular complexity index is 478. The van der Waals surface area contributed by atoms with Crippen molar-refractivity contribution in [3.8, 4) is 0 Å². The third-order valence-corrected chi connectivity index (χ3v) is 4.44. The first-order valence-corrected chi connectivity index (χ1v) is 7.84. The summed E-state index contributed by atoms with van der Waals surface area (Å²) < 4.78 is 3.19. The van der Waals surface area contributed by atoms with Gasteiger partial charge in [0.2, 0.25) is 0 Å². The third kappa shape index (κ3) is 3.02. The molecule has 98 valence electrons. The van der Waals surface area contributed by atoms with E-state index in [9.17, 15) is 0 Å². The molecule has 2 aromatic rings. The molecule has 2 rings (SSSR count). The number of hydrogen-bond donors (Lipinski definition) is 1. The Labute approximate surface area is 120 Å². The lowest BCUT2D eigenvalue weighted by molar-refractivity contribution is 0.497. The average molecular weight is 328 g/mol. The second-order valence-electron chi connectivity index (χ2n) is 4.23. The molecule has 0 saturated heterocycles. The van der Waals surface area contributed by atoms with Crippen LogP contribution in [-0.2, 0) is 13.0 Å². The summed E-state index contributed by atoms with van der Waals surface area (Å²) in [7, 11) is 2.01. The molecule has 1 atom stereocenters. The van der Waals surface area contributed by atoms with E-state index in [-0.39, 0.29) is 0 Å². The molecule has 1 unspecified atom stereocenters. The Morgan fingerprint density at radius 1 is 1.56 bits per heavy atom. The van der Waals surface area contributed by atoms with Crippen LogP contribution in [0.5, 0.6) is 0 Å². The Balaban J connectivity index is 2.23. The minimum absolute atomic E-state index is 0.298. The zero-order valence-corrected chi connectivity index (χ0v) is 13.1. The minimum atomic E-state index is 0.298. The molecule has 0 saturated carbocycles. The van der Waals surface area contributed by atoms with Gasteiger partial charge in [0, 0.05) is 17.8 Å². The standard InChI is InChI=1S/C13H18BrN3S/c1-3-6-17-13(11(14)9-16-17)12(15-2)8-10-5-4-7-18-10/h4-5,7,9,12,15H,3,6,8H2,1-2H3. The maximum absolute atomic E-state index is 4.44. The molecule has 0 aliphatic heterocycles. The number of aromatic nitrogens is 2. The number of rotatable bonds is 6. The number of likely N-dealkylation sites (N-methyl/N-ethyl adjacent to an activating group) is 1. The van der Waals surface area contributed by atoms with Crippen LogP contribution >= 0.6 is 27.3 Å². The predicted octanol–water partition coefficient (Wildman–Crippen LogP) is 3.62. The highest BCUT2D eigenvalue weighted by atomic mass is 79.9. The lowest BCUT2D eigenvalue weighted by Gasteiger charge is -2.18. The molecule has 1 N–H and O–H groups in total. The molecule has 3 nitrogen and oxygen atoms in total. The van der Waals surface area contributed by atoms with E-state index in [1.54, 1.807) is 11.3 Å². The molecule has 0 radical (unpaired) electrons. The van der Waals surface area contributed by atoms with E-state index >= 15 is 0 Å². The van der Waals surface area contributed by atoms with Crippen molar-refractivity contribution in [2.45, 2.75) is 32.4 Å². The first-order chi connectivity index (χ1) is 8.76. The van der Waals surface area contributed by atoms with Crippen molar-refractivity contribution < 1.29 is 0 Å². The summed E-state index contributed by atoms with van der Waals surface area (Å²) in [6, 6.07) is 4.58. The average Bonchev–Trinajstić information content (AvgIpc) is 2.98. The summed E-state index contributed by atoms with van der Waals surface area (Å²) in [5.41, 5.74) is 1.24. The highest BCUT2D eigenvalue weighted by Crippen LogP contribution is 2.27. The second kappa shape index (κ2) is 6.50. The molecule has 18 heavy (non-hydrogen) atoms. The Kier molecular flexibility index (Phi) is 4.97. The van der Waals surface area contributed by atoms with Gasteiger partial charge >= 0.3 is 0 Å². The van der Waals surface area contributed by atoms with E-state index in [0.717, 1.165) is 23.9 Å². The molecule has 0 aliphatic rings. The van der Waals surface area contributed by atoms with Crippen LogP contribution in [0.1, 0.15) is 30.0 Å². The molecule has 0 spiro atoms. The molecule has 0 aromatic carbocycles. The van der Waals surface area contributed by atoms with Gasteiger partial charge in [0.15, 0.2) is 0 Å². The van der Waals surface area contributed by atoms with Crippen LogP contribution in [0.3, 0.4) is 0 Å². The van der Waals surface area contributed by atoms with Crippen LogP contribution in [-0.4, -0.2) is 16.8 Å². The van der Waals surface area contributed by atoms with Crippen molar-refractivity contribution in [3.63, 3.8) is 0 Å². The fourth-order valence-corrected chi connectivity index (χ4v) is 3.40. The van der Waals surface area contributed by atoms with E-state index in [4.69, 9.17) is 0 Å². The Morgan fingerprint density at radius 2 is 2.39 bits per heavy atom. The van der Waals surface area contributed by atoms with Crippen LogP contribution in [0.15, 0.2) is 28.2 Å². The summed E-state index contributed by atoms with van der Waals surface area (Å²) in [6.45, 7) is 3.14. The van der Waals surface area contributed by atoms with Crippen LogP contribution in [0.25, 0.3) is 0 Å². The van der Waals surface area contributed by atoms with Crippen LogP contribution in [0, 0.1) is 0 Å². The number of halogens is 1. The van der Waals surface area contributed by atoms with Gasteiger partial charge in [-0.2, -0.15) is 5.10 Å². The van der Waals surface area contributed by atoms with Crippen LogP contribution < -0.4 is 5.32 Å². The Morgan fingerprint density at radius 3 is 3.00 bits per heavy atom. The van der Waals surface area contributed by atoms with Gasteiger partial charge < -0.3 is 5.32 Å². The molecule has 5 heteroatoms. The van der Waals surface area contributed by atoms with Gasteiger partial charge in [-0.05, 0) is 40.8 Å². The maximum atomic E-state index is 4.44. The number of nitrogens with zero attached hydrogens (tertiary/aromatic N) is 2. The lowest BCUT2D eigenvalue weighted by Crippen LogP contribution is -2.22. The van der Waals surface area contributed by atoms with Gasteiger partial charge in [-0.1, -0.05) is 13.0 Å². The normalized spacial score (nSPS) is 12.8. The zero-order chi connectivity index (χ0) is 13.0. The van der Waals surface area contributed by atoms with Crippen molar-refractivity contribution in [2.75, 3.05) is 7.05 Å². The summed E-state index contributed by atoms with van der Waals surface area (Å²) in [5.74, 6) is 0. The fraction of sp³-hybridized carbons (Fsp3) is 0.462. The minimum Gasteiger partial charge on any atom is -0.311 e. The van der Waals surface area contributed by atoms with Crippen molar-refractivity contribution in [3.05, 3.63) is 38.8 Å². The topological polar surface area (TPSA) is 29.9 Å². The number of nitrogens with one attached hydrogen (secondary N) is 1. The highest BCUT2D eigenvalue weighted by molar-refractivity contribution is 9.10. The van der Waals surface area contributed by atoms with Gasteiger partial charge in [-0.25, -0.2) is 0 Å². The second-order valence-corrected chi connectivity index (χ2v) is 6.11. The van der Waals surface area contributed by atoms with Crippen molar-refractivity contribution >= 4 is 27.3 Å². The summed E-state index contributed by atoms with van der Waals surface area (Å²) in [4.78, 5) is 1.39. The molecule has 0 fully saturated rings. The summed E-state index contributed by atoms with van der Waals surface area (Å²) in [5, 5.41) is 9.96. The van der Waals surface area contributed by atoms with Gasteiger partial charge in [0.05, 0.1) is 22.4 Å². The molecule has 0 bridgehead atoms. The molecule has 0 amide bonds. The van der Waals surface area contributed by atoms with Crippen molar-refractivity contribution in [1.29, 1.82) is 0 Å². The van der Waals surface area contributed by atoms with Gasteiger partial charge in [0.1, 0.15) is 0 Å². The molecule has 0 aliphatic carbocycles. The van der Waals surface area contributed by atoms with E-state index in [1.807, 2.05) is 13.2 Å². The number of aryl methyl sites for hydroxylation is 1. The van der Waals surface area contributed by atoms with Gasteiger partial charge in [-0.15, -0.1) is 11.3 Å². The predicted molar refractivity (Wildman–Crippen MR) is 80.0 cm³/mol. The molecular formula is C13H18BrN3S. The largest absolute Gasteiger partial charge is 0.311 e. The van der Waals surface area contributed by atoms with Crippen LogP contribution in [0.2, 0.25) is 0 Å². The highest BCUT2D eigenvalue weighted by Gasteiger charge is 2.19. The maximum Gasteiger partial charge on any atom is 0.0699 e. The number of thiophene rings is 1. The SMILES string of the molecule is CCCn1ncc(Br)c1C(Cc1cccs1)NC. The molecular weight excluding hydrogens is 310 g/mol. The van der Waals surface area contributed by atoms with Crippen LogP contribution in [0.4, 0.5) is 0 Å². The lowest BCUT2D eigenvalue weighted by atomic mass is 10.1. The van der Waals surface area contributed by atoms with E-state index < -0.39 is 0 Å². The number of hydrogen-bond acceptors (Lipinski definition) is 3. The smallest absolute Gasteiger partial charge is 0.0699 e. The fourth-order valence-electron chi connectivity index (χ4n) is 2.07. The van der Waals surface area contributed by atoms with Gasteiger partial charge in [-0.3, -0.25) is 4.68 Å². The van der Waals surface area contributed by atoms with Crippen molar-refractivity contribution in [1.82, 2.24) is 15.1 Å². The quantitative estimate of drug-likeness (QED) is 0.878. The summed E-state index contributed by atoms with van der Waals surface area (Å²) >= 11 is 5.42. The first kappa shape index (κ1) is 13.8. The molecule has 2 heterocycles. The van der Waals surface area contributed by atoms with Gasteiger partial charge in [0.25, 0.3) is 0 Å². The van der Waals surface area contributed by atoms with Crippen molar-refractivity contribution in [2.24, 2.45) is 0 Å². The van der Waals surface area contributed by atoms with E-state index in [0.29, 0.717) is 6.04 Å². The van der Waals surface area contributed by atoms with E-state index in [1.165, 1.54) is 10.6 Å². The first-order valence-electron chi connectivity index (χ1n) is 6.17. The summed E-state index contributed by atoms with van der Waals surface area (Å²) in [6.07, 6.45) is 3.99. The third-order valence-electron chi connectivity index (χ3n) is 2.93. The zero-order valence-electron chi connectivity index (χ0n) is 10.7. The Hall–Kier alpha value is -0.650. The van der Waals surface area contributed by atoms with E-state index in [2.05, 4.69) is 55.5 Å². The monoisotopic (exact) mass is 327 g/mol. The molecule has 2 aromatic heterocycles.